The lowest BCUT2D eigenvalue weighted by molar-refractivity contribution is 0.607. The molecule has 0 radical (unpaired) electrons. The molecule has 0 aliphatic rings. The second kappa shape index (κ2) is 6.01. The summed E-state index contributed by atoms with van der Waals surface area (Å²) in [6, 6.07) is 10.3. The third-order valence-corrected chi connectivity index (χ3v) is 4.19. The summed E-state index contributed by atoms with van der Waals surface area (Å²) in [5.74, 6) is 5.39. The summed E-state index contributed by atoms with van der Waals surface area (Å²) in [7, 11) is 0. The number of nitrogens with two attached hydrogens (primary N) is 1. The van der Waals surface area contributed by atoms with Crippen molar-refractivity contribution in [2.45, 2.75) is 13.0 Å². The largest absolute Gasteiger partial charge is 0.271 e. The highest BCUT2D eigenvalue weighted by Gasteiger charge is 2.14. The SMILES string of the molecule is Cc1cc(C(NN)c2ccc(Br)c(Cl)c2)ccc1F. The van der Waals surface area contributed by atoms with Crippen molar-refractivity contribution < 1.29 is 4.39 Å². The van der Waals surface area contributed by atoms with E-state index in [1.807, 2.05) is 18.2 Å². The fraction of sp³-hybridized carbons (Fsp3) is 0.143. The second-order valence-electron chi connectivity index (χ2n) is 4.28. The topological polar surface area (TPSA) is 38.0 Å². The van der Waals surface area contributed by atoms with Crippen LogP contribution in [0.25, 0.3) is 0 Å². The maximum atomic E-state index is 13.3. The summed E-state index contributed by atoms with van der Waals surface area (Å²) in [6.07, 6.45) is 0. The third-order valence-electron chi connectivity index (χ3n) is 2.96. The highest BCUT2D eigenvalue weighted by Crippen LogP contribution is 2.29. The maximum Gasteiger partial charge on any atom is 0.126 e. The molecule has 0 spiro atoms. The minimum absolute atomic E-state index is 0.228. The van der Waals surface area contributed by atoms with Crippen molar-refractivity contribution in [1.29, 1.82) is 0 Å². The van der Waals surface area contributed by atoms with Gasteiger partial charge in [0.05, 0.1) is 11.1 Å². The van der Waals surface area contributed by atoms with E-state index < -0.39 is 0 Å². The minimum atomic E-state index is -0.232. The van der Waals surface area contributed by atoms with Crippen LogP contribution in [0.3, 0.4) is 0 Å². The second-order valence-corrected chi connectivity index (χ2v) is 5.54. The van der Waals surface area contributed by atoms with Gasteiger partial charge in [-0.15, -0.1) is 0 Å². The first kappa shape index (κ1) is 14.5. The molecule has 19 heavy (non-hydrogen) atoms. The van der Waals surface area contributed by atoms with Gasteiger partial charge in [0.1, 0.15) is 5.82 Å². The van der Waals surface area contributed by atoms with E-state index >= 15 is 0 Å². The number of nitrogens with one attached hydrogen (secondary N) is 1. The number of rotatable bonds is 3. The smallest absolute Gasteiger partial charge is 0.126 e. The van der Waals surface area contributed by atoms with Gasteiger partial charge >= 0.3 is 0 Å². The molecule has 0 bridgehead atoms. The summed E-state index contributed by atoms with van der Waals surface area (Å²) >= 11 is 9.43. The van der Waals surface area contributed by atoms with Crippen molar-refractivity contribution in [2.24, 2.45) is 5.84 Å². The molecule has 0 saturated carbocycles. The van der Waals surface area contributed by atoms with Gasteiger partial charge in [0.25, 0.3) is 0 Å². The molecule has 0 fully saturated rings. The summed E-state index contributed by atoms with van der Waals surface area (Å²) in [6.45, 7) is 1.72. The van der Waals surface area contributed by atoms with Crippen LogP contribution >= 0.6 is 27.5 Å². The molecule has 2 rings (SSSR count). The van der Waals surface area contributed by atoms with E-state index in [-0.39, 0.29) is 11.9 Å². The van der Waals surface area contributed by atoms with Crippen molar-refractivity contribution in [3.63, 3.8) is 0 Å². The zero-order valence-electron chi connectivity index (χ0n) is 10.3. The Morgan fingerprint density at radius 2 is 1.84 bits per heavy atom. The van der Waals surface area contributed by atoms with E-state index in [1.54, 1.807) is 19.1 Å². The first-order chi connectivity index (χ1) is 9.02. The number of hydrogen-bond acceptors (Lipinski definition) is 2. The molecular formula is C14H13BrClFN2. The molecule has 5 heteroatoms. The fourth-order valence-corrected chi connectivity index (χ4v) is 2.36. The molecule has 0 saturated heterocycles. The van der Waals surface area contributed by atoms with Gasteiger partial charge in [-0.2, -0.15) is 0 Å². The zero-order chi connectivity index (χ0) is 14.0. The summed E-state index contributed by atoms with van der Waals surface area (Å²) < 4.78 is 14.1. The molecule has 1 atom stereocenters. The Hall–Kier alpha value is -0.940. The van der Waals surface area contributed by atoms with E-state index in [1.165, 1.54) is 6.07 Å². The summed E-state index contributed by atoms with van der Waals surface area (Å²) in [5, 5.41) is 0.608. The number of benzene rings is 2. The molecule has 2 aromatic carbocycles. The van der Waals surface area contributed by atoms with Crippen LogP contribution in [0.4, 0.5) is 4.39 Å². The Morgan fingerprint density at radius 3 is 2.42 bits per heavy atom. The average Bonchev–Trinajstić information content (AvgIpc) is 2.39. The molecule has 0 aliphatic heterocycles. The van der Waals surface area contributed by atoms with Gasteiger partial charge in [0.15, 0.2) is 0 Å². The molecule has 0 amide bonds. The van der Waals surface area contributed by atoms with Crippen LogP contribution in [0.5, 0.6) is 0 Å². The monoisotopic (exact) mass is 342 g/mol. The minimum Gasteiger partial charge on any atom is -0.271 e. The third kappa shape index (κ3) is 3.15. The van der Waals surface area contributed by atoms with Crippen LogP contribution in [0.2, 0.25) is 5.02 Å². The maximum absolute atomic E-state index is 13.3. The zero-order valence-corrected chi connectivity index (χ0v) is 12.6. The number of hydrazine groups is 1. The van der Waals surface area contributed by atoms with Gasteiger partial charge in [0, 0.05) is 4.47 Å². The predicted octanol–water partition coefficient (Wildman–Crippen LogP) is 4.10. The van der Waals surface area contributed by atoms with Crippen LogP contribution in [0, 0.1) is 12.7 Å². The molecule has 2 nitrogen and oxygen atoms in total. The fourth-order valence-electron chi connectivity index (χ4n) is 1.92. The Kier molecular flexibility index (Phi) is 4.58. The molecular weight excluding hydrogens is 331 g/mol. The van der Waals surface area contributed by atoms with Crippen LogP contribution in [0.15, 0.2) is 40.9 Å². The van der Waals surface area contributed by atoms with Gasteiger partial charge < -0.3 is 0 Å². The standard InChI is InChI=1S/C14H13BrClFN2/c1-8-6-9(3-5-13(8)17)14(19-18)10-2-4-11(15)12(16)7-10/h2-7,14,19H,18H2,1H3. The predicted molar refractivity (Wildman–Crippen MR) is 79.5 cm³/mol. The van der Waals surface area contributed by atoms with Crippen molar-refractivity contribution in [3.8, 4) is 0 Å². The van der Waals surface area contributed by atoms with Gasteiger partial charge in [-0.25, -0.2) is 9.82 Å². The lowest BCUT2D eigenvalue weighted by Gasteiger charge is -2.18. The van der Waals surface area contributed by atoms with Gasteiger partial charge in [-0.1, -0.05) is 29.8 Å². The molecule has 2 aromatic rings. The molecule has 100 valence electrons. The molecule has 0 aliphatic carbocycles. The lowest BCUT2D eigenvalue weighted by Crippen LogP contribution is -2.28. The van der Waals surface area contributed by atoms with Gasteiger partial charge in [-0.3, -0.25) is 5.84 Å². The number of halogens is 3. The summed E-state index contributed by atoms with van der Waals surface area (Å²) in [4.78, 5) is 0. The molecule has 0 heterocycles. The van der Waals surface area contributed by atoms with E-state index in [4.69, 9.17) is 17.4 Å². The quantitative estimate of drug-likeness (QED) is 0.650. The molecule has 0 aromatic heterocycles. The van der Waals surface area contributed by atoms with Gasteiger partial charge in [0.2, 0.25) is 0 Å². The van der Waals surface area contributed by atoms with Crippen molar-refractivity contribution in [3.05, 3.63) is 68.4 Å². The van der Waals surface area contributed by atoms with Crippen LogP contribution in [-0.2, 0) is 0 Å². The lowest BCUT2D eigenvalue weighted by atomic mass is 9.98. The molecule has 1 unspecified atom stereocenters. The molecule has 3 N–H and O–H groups in total. The summed E-state index contributed by atoms with van der Waals surface area (Å²) in [5.41, 5.74) is 5.12. The number of aryl methyl sites for hydroxylation is 1. The highest BCUT2D eigenvalue weighted by atomic mass is 79.9. The number of hydrogen-bond donors (Lipinski definition) is 2. The Morgan fingerprint density at radius 1 is 1.21 bits per heavy atom. The van der Waals surface area contributed by atoms with Gasteiger partial charge in [-0.05, 0) is 57.7 Å². The van der Waals surface area contributed by atoms with E-state index in [2.05, 4.69) is 21.4 Å². The van der Waals surface area contributed by atoms with Crippen molar-refractivity contribution in [2.75, 3.05) is 0 Å². The first-order valence-corrected chi connectivity index (χ1v) is 6.87. The first-order valence-electron chi connectivity index (χ1n) is 5.70. The van der Waals surface area contributed by atoms with E-state index in [9.17, 15) is 4.39 Å². The normalized spacial score (nSPS) is 12.5. The average molecular weight is 344 g/mol. The van der Waals surface area contributed by atoms with Crippen LogP contribution in [-0.4, -0.2) is 0 Å². The Balaban J connectivity index is 2.43. The Bertz CT molecular complexity index is 552. The van der Waals surface area contributed by atoms with Crippen LogP contribution in [0.1, 0.15) is 22.7 Å². The van der Waals surface area contributed by atoms with Crippen LogP contribution < -0.4 is 11.3 Å². The highest BCUT2D eigenvalue weighted by molar-refractivity contribution is 9.10. The van der Waals surface area contributed by atoms with Crippen molar-refractivity contribution >= 4 is 27.5 Å². The Labute approximate surface area is 124 Å². The van der Waals surface area contributed by atoms with Crippen molar-refractivity contribution in [1.82, 2.24) is 5.43 Å². The van der Waals surface area contributed by atoms with E-state index in [0.717, 1.165) is 15.6 Å². The van der Waals surface area contributed by atoms with E-state index in [0.29, 0.717) is 10.6 Å².